The normalized spacial score (nSPS) is 10.9. The van der Waals surface area contributed by atoms with Crippen molar-refractivity contribution in [3.05, 3.63) is 68.8 Å². The molecule has 1 aromatic heterocycles. The number of nitrogens with one attached hydrogen (secondary N) is 1. The number of hydrogen-bond donors (Lipinski definition) is 1. The second-order valence-electron chi connectivity index (χ2n) is 4.68. The minimum Gasteiger partial charge on any atom is -0.360 e. The lowest BCUT2D eigenvalue weighted by Crippen LogP contribution is -2.03. The smallest absolute Gasteiger partial charge is 0.195 e. The molecule has 3 rings (SSSR count). The lowest BCUT2D eigenvalue weighted by atomic mass is 9.99. The van der Waals surface area contributed by atoms with E-state index in [-0.39, 0.29) is 5.78 Å². The average molecular weight is 349 g/mol. The van der Waals surface area contributed by atoms with Crippen LogP contribution in [0.4, 0.5) is 0 Å². The minimum absolute atomic E-state index is 0.0191. The molecule has 1 N–H and O–H groups in total. The van der Waals surface area contributed by atoms with Crippen LogP contribution in [0.1, 0.15) is 21.5 Å². The fraction of sp³-hybridized carbons (Fsp3) is 0.0625. The van der Waals surface area contributed by atoms with Gasteiger partial charge in [0, 0.05) is 37.7 Å². The van der Waals surface area contributed by atoms with E-state index in [1.807, 2.05) is 31.2 Å². The van der Waals surface area contributed by atoms with Crippen molar-refractivity contribution in [3.63, 3.8) is 0 Å². The van der Waals surface area contributed by atoms with Crippen molar-refractivity contribution < 1.29 is 4.79 Å². The van der Waals surface area contributed by atoms with E-state index in [1.54, 1.807) is 18.3 Å². The van der Waals surface area contributed by atoms with Crippen LogP contribution in [0.5, 0.6) is 0 Å². The first-order valence-corrected chi connectivity index (χ1v) is 7.31. The maximum atomic E-state index is 12.7. The molecule has 0 spiro atoms. The van der Waals surface area contributed by atoms with Gasteiger partial charge in [0.25, 0.3) is 0 Å². The van der Waals surface area contributed by atoms with Gasteiger partial charge >= 0.3 is 0 Å². The average Bonchev–Trinajstić information content (AvgIpc) is 2.83. The highest BCUT2D eigenvalue weighted by molar-refractivity contribution is 9.10. The number of hydrogen-bond acceptors (Lipinski definition) is 1. The number of aromatic nitrogens is 1. The number of fused-ring (bicyclic) bond motifs is 1. The van der Waals surface area contributed by atoms with Gasteiger partial charge in [0.2, 0.25) is 0 Å². The second kappa shape index (κ2) is 5.08. The van der Waals surface area contributed by atoms with Crippen LogP contribution in [0.15, 0.2) is 47.1 Å². The number of ketones is 1. The molecule has 3 aromatic rings. The molecule has 1 heterocycles. The van der Waals surface area contributed by atoms with Gasteiger partial charge in [-0.3, -0.25) is 4.79 Å². The van der Waals surface area contributed by atoms with E-state index in [0.29, 0.717) is 16.1 Å². The highest BCUT2D eigenvalue weighted by Crippen LogP contribution is 2.26. The Kier molecular flexibility index (Phi) is 3.40. The summed E-state index contributed by atoms with van der Waals surface area (Å²) < 4.78 is 0.946. The Balaban J connectivity index is 2.17. The first-order chi connectivity index (χ1) is 9.56. The number of carbonyl (C=O) groups excluding carboxylic acids is 1. The van der Waals surface area contributed by atoms with E-state index in [4.69, 9.17) is 11.6 Å². The van der Waals surface area contributed by atoms with Crippen LogP contribution < -0.4 is 0 Å². The van der Waals surface area contributed by atoms with Crippen LogP contribution >= 0.6 is 27.5 Å². The maximum absolute atomic E-state index is 12.7. The zero-order chi connectivity index (χ0) is 14.3. The number of halogens is 2. The molecule has 2 nitrogen and oxygen atoms in total. The molecular weight excluding hydrogens is 338 g/mol. The number of aromatic amines is 1. The summed E-state index contributed by atoms with van der Waals surface area (Å²) in [5, 5.41) is 1.48. The quantitative estimate of drug-likeness (QED) is 0.640. The van der Waals surface area contributed by atoms with Crippen molar-refractivity contribution in [1.82, 2.24) is 4.98 Å². The van der Waals surface area contributed by atoms with Crippen LogP contribution in [0.3, 0.4) is 0 Å². The Morgan fingerprint density at radius 3 is 2.75 bits per heavy atom. The van der Waals surface area contributed by atoms with Gasteiger partial charge in [0.15, 0.2) is 5.78 Å². The fourth-order valence-electron chi connectivity index (χ4n) is 2.26. The fourth-order valence-corrected chi connectivity index (χ4v) is 2.80. The van der Waals surface area contributed by atoms with Gasteiger partial charge in [-0.2, -0.15) is 0 Å². The molecule has 0 aliphatic carbocycles. The molecule has 0 saturated carbocycles. The molecule has 0 aliphatic heterocycles. The van der Waals surface area contributed by atoms with Crippen molar-refractivity contribution >= 4 is 44.2 Å². The zero-order valence-electron chi connectivity index (χ0n) is 10.7. The number of rotatable bonds is 2. The van der Waals surface area contributed by atoms with E-state index in [9.17, 15) is 4.79 Å². The third kappa shape index (κ3) is 2.28. The molecule has 2 aromatic carbocycles. The standard InChI is InChI=1S/C16H11BrClNO/c1-9-2-4-11(18)7-12(9)16(20)14-8-19-15-5-3-10(17)6-13(14)15/h2-8,19H,1H3. The number of benzene rings is 2. The van der Waals surface area contributed by atoms with Crippen LogP contribution in [-0.4, -0.2) is 10.8 Å². The molecule has 0 aliphatic rings. The third-order valence-corrected chi connectivity index (χ3v) is 4.06. The summed E-state index contributed by atoms with van der Waals surface area (Å²) >= 11 is 9.43. The summed E-state index contributed by atoms with van der Waals surface area (Å²) in [5.41, 5.74) is 3.16. The predicted molar refractivity (Wildman–Crippen MR) is 85.6 cm³/mol. The molecule has 4 heteroatoms. The number of H-pyrrole nitrogens is 1. The molecule has 0 bridgehead atoms. The van der Waals surface area contributed by atoms with Gasteiger partial charge in [-0.05, 0) is 42.8 Å². The molecule has 0 atom stereocenters. The second-order valence-corrected chi connectivity index (χ2v) is 6.03. The van der Waals surface area contributed by atoms with Gasteiger partial charge < -0.3 is 4.98 Å². The molecular formula is C16H11BrClNO. The lowest BCUT2D eigenvalue weighted by Gasteiger charge is -2.05. The molecule has 0 radical (unpaired) electrons. The largest absolute Gasteiger partial charge is 0.360 e. The Bertz CT molecular complexity index is 822. The summed E-state index contributed by atoms with van der Waals surface area (Å²) in [6.45, 7) is 1.91. The molecule has 0 unspecified atom stereocenters. The first kappa shape index (κ1) is 13.4. The summed E-state index contributed by atoms with van der Waals surface area (Å²) in [6, 6.07) is 11.2. The Morgan fingerprint density at radius 2 is 1.95 bits per heavy atom. The maximum Gasteiger partial charge on any atom is 0.195 e. The van der Waals surface area contributed by atoms with E-state index in [0.717, 1.165) is 20.9 Å². The van der Waals surface area contributed by atoms with Crippen molar-refractivity contribution in [3.8, 4) is 0 Å². The number of carbonyl (C=O) groups is 1. The van der Waals surface area contributed by atoms with E-state index >= 15 is 0 Å². The summed E-state index contributed by atoms with van der Waals surface area (Å²) in [7, 11) is 0. The molecule has 0 saturated heterocycles. The first-order valence-electron chi connectivity index (χ1n) is 6.14. The molecule has 0 amide bonds. The van der Waals surface area contributed by atoms with E-state index in [2.05, 4.69) is 20.9 Å². The predicted octanol–water partition coefficient (Wildman–Crippen LogP) is 5.12. The van der Waals surface area contributed by atoms with Gasteiger partial charge in [-0.25, -0.2) is 0 Å². The van der Waals surface area contributed by atoms with Crippen LogP contribution in [0.25, 0.3) is 10.9 Å². The highest BCUT2D eigenvalue weighted by atomic mass is 79.9. The van der Waals surface area contributed by atoms with Crippen LogP contribution in [-0.2, 0) is 0 Å². The molecule has 0 fully saturated rings. The van der Waals surface area contributed by atoms with Gasteiger partial charge in [0.1, 0.15) is 0 Å². The summed E-state index contributed by atoms with van der Waals surface area (Å²) in [6.07, 6.45) is 1.75. The van der Waals surface area contributed by atoms with Crippen LogP contribution in [0.2, 0.25) is 5.02 Å². The lowest BCUT2D eigenvalue weighted by molar-refractivity contribution is 0.104. The Morgan fingerprint density at radius 1 is 1.15 bits per heavy atom. The minimum atomic E-state index is -0.0191. The third-order valence-electron chi connectivity index (χ3n) is 3.33. The summed E-state index contributed by atoms with van der Waals surface area (Å²) in [4.78, 5) is 15.8. The monoisotopic (exact) mass is 347 g/mol. The van der Waals surface area contributed by atoms with Crippen molar-refractivity contribution in [2.45, 2.75) is 6.92 Å². The molecule has 100 valence electrons. The van der Waals surface area contributed by atoms with E-state index in [1.165, 1.54) is 0 Å². The van der Waals surface area contributed by atoms with Gasteiger partial charge in [-0.1, -0.05) is 33.6 Å². The summed E-state index contributed by atoms with van der Waals surface area (Å²) in [5.74, 6) is -0.0191. The topological polar surface area (TPSA) is 32.9 Å². The van der Waals surface area contributed by atoms with Crippen molar-refractivity contribution in [2.75, 3.05) is 0 Å². The van der Waals surface area contributed by atoms with Crippen molar-refractivity contribution in [2.24, 2.45) is 0 Å². The SMILES string of the molecule is Cc1ccc(Cl)cc1C(=O)c1c[nH]c2ccc(Br)cc12. The molecule has 20 heavy (non-hydrogen) atoms. The van der Waals surface area contributed by atoms with Crippen LogP contribution in [0, 0.1) is 6.92 Å². The van der Waals surface area contributed by atoms with Gasteiger partial charge in [0.05, 0.1) is 0 Å². The van der Waals surface area contributed by atoms with E-state index < -0.39 is 0 Å². The van der Waals surface area contributed by atoms with Gasteiger partial charge in [-0.15, -0.1) is 0 Å². The Hall–Kier alpha value is -1.58. The zero-order valence-corrected chi connectivity index (χ0v) is 13.0. The van der Waals surface area contributed by atoms with Crippen molar-refractivity contribution in [1.29, 1.82) is 0 Å². The highest BCUT2D eigenvalue weighted by Gasteiger charge is 2.16. The number of aryl methyl sites for hydroxylation is 1. The Labute approximate surface area is 129 Å².